The van der Waals surface area contributed by atoms with E-state index in [4.69, 9.17) is 5.11 Å². The minimum absolute atomic E-state index is 0.441. The maximum absolute atomic E-state index is 9.10. The lowest BCUT2D eigenvalue weighted by molar-refractivity contribution is 0.270. The zero-order chi connectivity index (χ0) is 7.56. The number of nitrogens with zero attached hydrogens (tertiary/aromatic N) is 1. The Morgan fingerprint density at radius 1 is 1.60 bits per heavy atom. The van der Waals surface area contributed by atoms with Crippen LogP contribution in [0.15, 0.2) is 24.1 Å². The van der Waals surface area contributed by atoms with Crippen LogP contribution in [0.2, 0.25) is 0 Å². The predicted octanol–water partition coefficient (Wildman–Crippen LogP) is 1.67. The van der Waals surface area contributed by atoms with Crippen molar-refractivity contribution in [3.8, 4) is 0 Å². The van der Waals surface area contributed by atoms with Gasteiger partial charge in [-0.2, -0.15) is 0 Å². The lowest BCUT2D eigenvalue weighted by Crippen LogP contribution is -2.28. The maximum Gasteiger partial charge on any atom is 0.112 e. The van der Waals surface area contributed by atoms with Gasteiger partial charge in [-0.15, -0.1) is 0 Å². The summed E-state index contributed by atoms with van der Waals surface area (Å²) in [7, 11) is 0. The van der Waals surface area contributed by atoms with Crippen LogP contribution in [0.5, 0.6) is 0 Å². The molecule has 0 radical (unpaired) electrons. The van der Waals surface area contributed by atoms with Crippen LogP contribution in [-0.2, 0) is 0 Å². The van der Waals surface area contributed by atoms with E-state index < -0.39 is 0 Å². The lowest BCUT2D eigenvalue weighted by Gasteiger charge is -2.26. The third kappa shape index (κ3) is 1.53. The number of allylic oxidation sites excluding steroid dienone is 2. The summed E-state index contributed by atoms with van der Waals surface area (Å²) in [5.74, 6) is 0.441. The highest BCUT2D eigenvalue weighted by Crippen LogP contribution is 2.07. The normalized spacial score (nSPS) is 17.9. The van der Waals surface area contributed by atoms with Gasteiger partial charge in [-0.3, -0.25) is 0 Å². The van der Waals surface area contributed by atoms with Crippen LogP contribution in [0.25, 0.3) is 0 Å². The van der Waals surface area contributed by atoms with Crippen molar-refractivity contribution in [2.45, 2.75) is 19.9 Å². The summed E-state index contributed by atoms with van der Waals surface area (Å²) < 4.78 is 0. The van der Waals surface area contributed by atoms with Crippen LogP contribution in [0, 0.1) is 0 Å². The van der Waals surface area contributed by atoms with Crippen LogP contribution in [0.4, 0.5) is 0 Å². The molecule has 0 amide bonds. The fraction of sp³-hybridized carbons (Fsp3) is 0.500. The highest BCUT2D eigenvalue weighted by Gasteiger charge is 2.07. The van der Waals surface area contributed by atoms with E-state index in [1.807, 2.05) is 12.3 Å². The van der Waals surface area contributed by atoms with E-state index in [-0.39, 0.29) is 0 Å². The second kappa shape index (κ2) is 2.78. The molecule has 0 aliphatic carbocycles. The molecule has 0 unspecified atom stereocenters. The number of hydrogen-bond acceptors (Lipinski definition) is 2. The fourth-order valence-electron chi connectivity index (χ4n) is 0.912. The Bertz CT molecular complexity index is 170. The standard InChI is InChI=1S/C8H13NO/c1-7(2)9-5-3-4-8(10)6-9/h3-5,7,10H,6H2,1-2H3. The van der Waals surface area contributed by atoms with Crippen LogP contribution in [0.3, 0.4) is 0 Å². The number of hydrogen-bond donors (Lipinski definition) is 1. The molecule has 1 aliphatic rings. The Morgan fingerprint density at radius 2 is 2.30 bits per heavy atom. The van der Waals surface area contributed by atoms with E-state index in [0.717, 1.165) is 0 Å². The summed E-state index contributed by atoms with van der Waals surface area (Å²) in [6.07, 6.45) is 5.57. The Hall–Kier alpha value is -0.920. The number of rotatable bonds is 1. The molecule has 56 valence electrons. The quantitative estimate of drug-likeness (QED) is 0.597. The monoisotopic (exact) mass is 139 g/mol. The number of aliphatic hydroxyl groups is 1. The van der Waals surface area contributed by atoms with Crippen molar-refractivity contribution < 1.29 is 5.11 Å². The van der Waals surface area contributed by atoms with Crippen molar-refractivity contribution in [1.29, 1.82) is 0 Å². The van der Waals surface area contributed by atoms with Gasteiger partial charge in [0.05, 0.1) is 6.54 Å². The first-order chi connectivity index (χ1) is 4.70. The average molecular weight is 139 g/mol. The summed E-state index contributed by atoms with van der Waals surface area (Å²) in [4.78, 5) is 2.08. The molecule has 10 heavy (non-hydrogen) atoms. The van der Waals surface area contributed by atoms with Crippen LogP contribution < -0.4 is 0 Å². The molecule has 0 bridgehead atoms. The third-order valence-electron chi connectivity index (χ3n) is 1.57. The van der Waals surface area contributed by atoms with Crippen LogP contribution >= 0.6 is 0 Å². The smallest absolute Gasteiger partial charge is 0.112 e. The molecule has 1 N–H and O–H groups in total. The first-order valence-electron chi connectivity index (χ1n) is 3.52. The Kier molecular flexibility index (Phi) is 2.00. The van der Waals surface area contributed by atoms with Crippen LogP contribution in [0.1, 0.15) is 13.8 Å². The van der Waals surface area contributed by atoms with Gasteiger partial charge in [-0.1, -0.05) is 0 Å². The van der Waals surface area contributed by atoms with Gasteiger partial charge in [0.15, 0.2) is 0 Å². The molecule has 0 aromatic heterocycles. The van der Waals surface area contributed by atoms with Gasteiger partial charge in [0.1, 0.15) is 5.76 Å². The molecule has 0 saturated heterocycles. The van der Waals surface area contributed by atoms with E-state index in [1.54, 1.807) is 6.08 Å². The molecule has 2 nitrogen and oxygen atoms in total. The van der Waals surface area contributed by atoms with Gasteiger partial charge in [-0.05, 0) is 32.2 Å². The van der Waals surface area contributed by atoms with E-state index >= 15 is 0 Å². The SMILES string of the molecule is CC(C)N1C=CC=C(O)C1. The largest absolute Gasteiger partial charge is 0.510 e. The third-order valence-corrected chi connectivity index (χ3v) is 1.57. The van der Waals surface area contributed by atoms with E-state index in [9.17, 15) is 0 Å². The Balaban J connectivity index is 2.55. The van der Waals surface area contributed by atoms with Crippen molar-refractivity contribution >= 4 is 0 Å². The Labute approximate surface area is 61.5 Å². The highest BCUT2D eigenvalue weighted by molar-refractivity contribution is 5.13. The fourth-order valence-corrected chi connectivity index (χ4v) is 0.912. The summed E-state index contributed by atoms with van der Waals surface area (Å²) >= 11 is 0. The zero-order valence-corrected chi connectivity index (χ0v) is 6.41. The van der Waals surface area contributed by atoms with Crippen molar-refractivity contribution in [2.75, 3.05) is 6.54 Å². The Morgan fingerprint density at radius 3 is 2.70 bits per heavy atom. The summed E-state index contributed by atoms with van der Waals surface area (Å²) in [5, 5.41) is 9.10. The summed E-state index contributed by atoms with van der Waals surface area (Å²) in [6.45, 7) is 4.85. The van der Waals surface area contributed by atoms with E-state index in [0.29, 0.717) is 18.3 Å². The van der Waals surface area contributed by atoms with Gasteiger partial charge in [-0.25, -0.2) is 0 Å². The first-order valence-corrected chi connectivity index (χ1v) is 3.52. The van der Waals surface area contributed by atoms with Crippen LogP contribution in [-0.4, -0.2) is 22.6 Å². The molecule has 0 fully saturated rings. The van der Waals surface area contributed by atoms with Gasteiger partial charge in [0.2, 0.25) is 0 Å². The minimum atomic E-state index is 0.441. The van der Waals surface area contributed by atoms with Gasteiger partial charge < -0.3 is 10.0 Å². The lowest BCUT2D eigenvalue weighted by atomic mass is 10.2. The van der Waals surface area contributed by atoms with E-state index in [2.05, 4.69) is 18.7 Å². The van der Waals surface area contributed by atoms with Crippen molar-refractivity contribution in [3.63, 3.8) is 0 Å². The molecule has 0 aromatic rings. The first kappa shape index (κ1) is 7.19. The molecule has 0 atom stereocenters. The zero-order valence-electron chi connectivity index (χ0n) is 6.41. The van der Waals surface area contributed by atoms with Crippen molar-refractivity contribution in [3.05, 3.63) is 24.1 Å². The summed E-state index contributed by atoms with van der Waals surface area (Å²) in [5.41, 5.74) is 0. The molecule has 0 spiro atoms. The van der Waals surface area contributed by atoms with Gasteiger partial charge in [0.25, 0.3) is 0 Å². The minimum Gasteiger partial charge on any atom is -0.510 e. The highest BCUT2D eigenvalue weighted by atomic mass is 16.3. The predicted molar refractivity (Wildman–Crippen MR) is 41.7 cm³/mol. The summed E-state index contributed by atoms with van der Waals surface area (Å²) in [6, 6.07) is 0.465. The van der Waals surface area contributed by atoms with Crippen molar-refractivity contribution in [1.82, 2.24) is 4.90 Å². The topological polar surface area (TPSA) is 23.5 Å². The second-order valence-electron chi connectivity index (χ2n) is 2.77. The second-order valence-corrected chi connectivity index (χ2v) is 2.77. The van der Waals surface area contributed by atoms with Crippen molar-refractivity contribution in [2.24, 2.45) is 0 Å². The van der Waals surface area contributed by atoms with E-state index in [1.165, 1.54) is 0 Å². The molecular weight excluding hydrogens is 126 g/mol. The average Bonchev–Trinajstić information content (AvgIpc) is 1.88. The molecular formula is C8H13NO. The van der Waals surface area contributed by atoms with Gasteiger partial charge >= 0.3 is 0 Å². The molecule has 0 aromatic carbocycles. The molecule has 2 heteroatoms. The molecule has 1 aliphatic heterocycles. The molecule has 1 heterocycles. The molecule has 0 saturated carbocycles. The molecule has 1 rings (SSSR count). The maximum atomic E-state index is 9.10. The number of aliphatic hydroxyl groups excluding tert-OH is 1. The van der Waals surface area contributed by atoms with Gasteiger partial charge in [0, 0.05) is 6.04 Å².